The smallest absolute Gasteiger partial charge is 0.167 e. The van der Waals surface area contributed by atoms with Crippen LogP contribution in [-0.4, -0.2) is 17.9 Å². The zero-order valence-corrected chi connectivity index (χ0v) is 10.7. The summed E-state index contributed by atoms with van der Waals surface area (Å²) in [5.74, 6) is -0.588. The fourth-order valence-corrected chi connectivity index (χ4v) is 3.06. The molecule has 3 heteroatoms. The average molecular weight is 254 g/mol. The first kappa shape index (κ1) is 12.0. The van der Waals surface area contributed by atoms with E-state index in [-0.39, 0.29) is 23.4 Å². The van der Waals surface area contributed by atoms with E-state index in [0.29, 0.717) is 29.5 Å². The maximum absolute atomic E-state index is 12.5. The minimum absolute atomic E-state index is 0.00995. The molecule has 0 aliphatic heterocycles. The molecule has 0 saturated carbocycles. The van der Waals surface area contributed by atoms with Crippen LogP contribution in [0.5, 0.6) is 0 Å². The van der Waals surface area contributed by atoms with Gasteiger partial charge in [-0.25, -0.2) is 0 Å². The SMILES string of the molecule is Cc1ccc2c(c1)C(=O)C1CC(C=O)=CCC1C2=O. The first-order valence-corrected chi connectivity index (χ1v) is 6.45. The van der Waals surface area contributed by atoms with Crippen molar-refractivity contribution in [3.8, 4) is 0 Å². The molecule has 0 N–H and O–H groups in total. The van der Waals surface area contributed by atoms with E-state index in [1.54, 1.807) is 18.2 Å². The zero-order valence-electron chi connectivity index (χ0n) is 10.7. The number of aryl methyl sites for hydroxylation is 1. The van der Waals surface area contributed by atoms with Crippen LogP contribution in [0, 0.1) is 18.8 Å². The van der Waals surface area contributed by atoms with E-state index in [4.69, 9.17) is 0 Å². The number of hydrogen-bond acceptors (Lipinski definition) is 3. The van der Waals surface area contributed by atoms with Gasteiger partial charge in [0.2, 0.25) is 0 Å². The Morgan fingerprint density at radius 1 is 1.11 bits per heavy atom. The summed E-state index contributed by atoms with van der Waals surface area (Å²) in [5.41, 5.74) is 2.68. The Hall–Kier alpha value is -2.03. The van der Waals surface area contributed by atoms with Crippen LogP contribution >= 0.6 is 0 Å². The third kappa shape index (κ3) is 1.77. The Kier molecular flexibility index (Phi) is 2.70. The van der Waals surface area contributed by atoms with Crippen molar-refractivity contribution in [1.29, 1.82) is 0 Å². The summed E-state index contributed by atoms with van der Waals surface area (Å²) in [6.45, 7) is 1.90. The van der Waals surface area contributed by atoms with Crippen molar-refractivity contribution in [2.24, 2.45) is 11.8 Å². The molecule has 2 aliphatic carbocycles. The number of aldehydes is 1. The second-order valence-electron chi connectivity index (χ2n) is 5.33. The van der Waals surface area contributed by atoms with E-state index in [1.807, 2.05) is 13.0 Å². The highest BCUT2D eigenvalue weighted by Gasteiger charge is 2.42. The van der Waals surface area contributed by atoms with Crippen LogP contribution in [-0.2, 0) is 4.79 Å². The normalized spacial score (nSPS) is 25.4. The van der Waals surface area contributed by atoms with E-state index in [2.05, 4.69) is 0 Å². The van der Waals surface area contributed by atoms with Gasteiger partial charge in [0.15, 0.2) is 11.6 Å². The third-order valence-corrected chi connectivity index (χ3v) is 4.11. The van der Waals surface area contributed by atoms with Gasteiger partial charge in [-0.3, -0.25) is 14.4 Å². The molecular weight excluding hydrogens is 240 g/mol. The molecule has 1 aromatic carbocycles. The van der Waals surface area contributed by atoms with Crippen LogP contribution in [0.15, 0.2) is 29.8 Å². The standard InChI is InChI=1S/C16H14O3/c1-9-2-4-11-13(6-9)16(19)14-7-10(8-17)3-5-12(14)15(11)18/h2-4,6,8,12,14H,5,7H2,1H3. The van der Waals surface area contributed by atoms with Crippen molar-refractivity contribution in [2.45, 2.75) is 19.8 Å². The molecule has 1 aromatic rings. The van der Waals surface area contributed by atoms with Crippen LogP contribution in [0.3, 0.4) is 0 Å². The molecule has 0 spiro atoms. The Bertz CT molecular complexity index is 625. The molecule has 19 heavy (non-hydrogen) atoms. The summed E-state index contributed by atoms with van der Waals surface area (Å²) in [4.78, 5) is 35.8. The molecule has 96 valence electrons. The van der Waals surface area contributed by atoms with Gasteiger partial charge in [-0.2, -0.15) is 0 Å². The molecule has 0 bridgehead atoms. The second-order valence-corrected chi connectivity index (χ2v) is 5.33. The molecule has 2 atom stereocenters. The molecule has 0 heterocycles. The number of carbonyl (C=O) groups excluding carboxylic acids is 3. The van der Waals surface area contributed by atoms with Gasteiger partial charge in [0.1, 0.15) is 6.29 Å². The fourth-order valence-electron chi connectivity index (χ4n) is 3.06. The van der Waals surface area contributed by atoms with E-state index in [1.165, 1.54) is 0 Å². The largest absolute Gasteiger partial charge is 0.298 e. The van der Waals surface area contributed by atoms with Crippen LogP contribution in [0.25, 0.3) is 0 Å². The number of hydrogen-bond donors (Lipinski definition) is 0. The monoisotopic (exact) mass is 254 g/mol. The van der Waals surface area contributed by atoms with Gasteiger partial charge in [-0.1, -0.05) is 23.8 Å². The number of fused-ring (bicyclic) bond motifs is 2. The highest BCUT2D eigenvalue weighted by molar-refractivity contribution is 6.16. The summed E-state index contributed by atoms with van der Waals surface area (Å²) in [6.07, 6.45) is 3.47. The van der Waals surface area contributed by atoms with E-state index < -0.39 is 0 Å². The second kappa shape index (κ2) is 4.26. The zero-order chi connectivity index (χ0) is 13.6. The lowest BCUT2D eigenvalue weighted by Crippen LogP contribution is -2.38. The lowest BCUT2D eigenvalue weighted by Gasteiger charge is -2.33. The quantitative estimate of drug-likeness (QED) is 0.723. The number of rotatable bonds is 1. The van der Waals surface area contributed by atoms with Gasteiger partial charge in [-0.15, -0.1) is 0 Å². The number of allylic oxidation sites excluding steroid dienone is 2. The summed E-state index contributed by atoms with van der Waals surface area (Å²) in [7, 11) is 0. The Labute approximate surface area is 111 Å². The molecule has 2 unspecified atom stereocenters. The van der Waals surface area contributed by atoms with Gasteiger partial charge in [0.05, 0.1) is 0 Å². The number of carbonyl (C=O) groups is 3. The van der Waals surface area contributed by atoms with Gasteiger partial charge in [0.25, 0.3) is 0 Å². The number of Topliss-reactive ketones (excluding diaryl/α,β-unsaturated/α-hetero) is 2. The van der Waals surface area contributed by atoms with Crippen LogP contribution in [0.2, 0.25) is 0 Å². The highest BCUT2D eigenvalue weighted by Crippen LogP contribution is 2.39. The fraction of sp³-hybridized carbons (Fsp3) is 0.312. The summed E-state index contributed by atoms with van der Waals surface area (Å²) in [6, 6.07) is 5.39. The molecular formula is C16H14O3. The van der Waals surface area contributed by atoms with Gasteiger partial charge < -0.3 is 0 Å². The molecule has 0 fully saturated rings. The highest BCUT2D eigenvalue weighted by atomic mass is 16.1. The van der Waals surface area contributed by atoms with Crippen molar-refractivity contribution in [1.82, 2.24) is 0 Å². The van der Waals surface area contributed by atoms with Gasteiger partial charge in [-0.05, 0) is 31.4 Å². The summed E-state index contributed by atoms with van der Waals surface area (Å²) >= 11 is 0. The Morgan fingerprint density at radius 2 is 1.84 bits per heavy atom. The van der Waals surface area contributed by atoms with Crippen LogP contribution < -0.4 is 0 Å². The van der Waals surface area contributed by atoms with Crippen molar-refractivity contribution in [3.05, 3.63) is 46.5 Å². The van der Waals surface area contributed by atoms with E-state index in [9.17, 15) is 14.4 Å². The predicted octanol–water partition coefficient (Wildman–Crippen LogP) is 2.53. The lowest BCUT2D eigenvalue weighted by molar-refractivity contribution is -0.105. The van der Waals surface area contributed by atoms with Crippen molar-refractivity contribution >= 4 is 17.9 Å². The molecule has 0 aromatic heterocycles. The average Bonchev–Trinajstić information content (AvgIpc) is 2.44. The molecule has 0 saturated heterocycles. The molecule has 0 amide bonds. The van der Waals surface area contributed by atoms with E-state index >= 15 is 0 Å². The maximum atomic E-state index is 12.5. The molecule has 3 rings (SSSR count). The van der Waals surface area contributed by atoms with Crippen LogP contribution in [0.4, 0.5) is 0 Å². The Balaban J connectivity index is 2.10. The Morgan fingerprint density at radius 3 is 2.58 bits per heavy atom. The number of ketones is 2. The molecule has 0 radical (unpaired) electrons. The van der Waals surface area contributed by atoms with Gasteiger partial charge >= 0.3 is 0 Å². The summed E-state index contributed by atoms with van der Waals surface area (Å²) < 4.78 is 0. The molecule has 3 nitrogen and oxygen atoms in total. The minimum atomic E-state index is -0.355. The third-order valence-electron chi connectivity index (χ3n) is 4.11. The van der Waals surface area contributed by atoms with Gasteiger partial charge in [0, 0.05) is 23.0 Å². The predicted molar refractivity (Wildman–Crippen MR) is 70.2 cm³/mol. The van der Waals surface area contributed by atoms with Crippen molar-refractivity contribution < 1.29 is 14.4 Å². The summed E-state index contributed by atoms with van der Waals surface area (Å²) in [5, 5.41) is 0. The maximum Gasteiger partial charge on any atom is 0.167 e. The van der Waals surface area contributed by atoms with E-state index in [0.717, 1.165) is 11.8 Å². The topological polar surface area (TPSA) is 51.2 Å². The number of benzene rings is 1. The lowest BCUT2D eigenvalue weighted by atomic mass is 9.68. The first-order valence-electron chi connectivity index (χ1n) is 6.45. The molecule has 2 aliphatic rings. The first-order chi connectivity index (χ1) is 9.11. The minimum Gasteiger partial charge on any atom is -0.298 e. The van der Waals surface area contributed by atoms with Crippen molar-refractivity contribution in [3.63, 3.8) is 0 Å². The van der Waals surface area contributed by atoms with Crippen LogP contribution in [0.1, 0.15) is 39.1 Å². The van der Waals surface area contributed by atoms with Crippen molar-refractivity contribution in [2.75, 3.05) is 0 Å².